The average molecular weight is 1070 g/mol. The summed E-state index contributed by atoms with van der Waals surface area (Å²) >= 11 is 0. The number of carbonyl (C=O) groups is 3. The fraction of sp³-hybridized carbons (Fsp3) is 0.323. The zero-order valence-corrected chi connectivity index (χ0v) is 47.1. The Morgan fingerprint density at radius 2 is 0.713 bits per heavy atom. The number of imidazole rings is 3. The molecular weight excluding hydrogens is 1000 g/mol. The van der Waals surface area contributed by atoms with Crippen LogP contribution < -0.4 is 16.0 Å². The Morgan fingerprint density at radius 1 is 0.388 bits per heavy atom. The van der Waals surface area contributed by atoms with Crippen LogP contribution in [0.4, 0.5) is 0 Å². The average Bonchev–Trinajstić information content (AvgIpc) is 4.15. The molecule has 18 heteroatoms. The summed E-state index contributed by atoms with van der Waals surface area (Å²) in [5, 5.41) is 9.90. The summed E-state index contributed by atoms with van der Waals surface area (Å²) in [5.74, 6) is -0.514. The monoisotopic (exact) mass is 1070 g/mol. The van der Waals surface area contributed by atoms with Crippen molar-refractivity contribution in [3.63, 3.8) is 0 Å². The van der Waals surface area contributed by atoms with E-state index in [4.69, 9.17) is 29.9 Å². The standard InChI is InChI=1S/C62H67N15O3/c1-34(2)52-57-69-51(33-75(57)30-42-15-21-48(66-27-42)45-18-12-37(7)24-63-45)60(78)72-53(35(3)4)58-70-56(41(11)76(58)31-43-16-22-49(67-28-43)46-19-13-38(8)25-64-46)62(80)74-54(36(5)6)59-71-55(61(79)73-52)40(10)77(59)32-44-17-23-50(68-29-44)47-20-14-39(9)26-65-47/h12-29,33-36,52-54H,30-32H2,1-11H3,(H,72,78)(H,73,79)(H,74,80)/t52-,53-,54-/m0/s1. The lowest BCUT2D eigenvalue weighted by Crippen LogP contribution is -2.36. The summed E-state index contributed by atoms with van der Waals surface area (Å²) in [5.41, 5.74) is 11.8. The summed E-state index contributed by atoms with van der Waals surface area (Å²) in [6, 6.07) is 21.5. The highest BCUT2D eigenvalue weighted by molar-refractivity contribution is 5.95. The lowest BCUT2D eigenvalue weighted by Gasteiger charge is -2.23. The molecule has 10 heterocycles. The topological polar surface area (TPSA) is 218 Å². The Balaban J connectivity index is 1.09. The van der Waals surface area contributed by atoms with Gasteiger partial charge in [0.15, 0.2) is 0 Å². The van der Waals surface area contributed by atoms with Crippen molar-refractivity contribution in [3.05, 3.63) is 195 Å². The number of hydrogen-bond donors (Lipinski definition) is 3. The van der Waals surface area contributed by atoms with Crippen molar-refractivity contribution < 1.29 is 14.4 Å². The lowest BCUT2D eigenvalue weighted by molar-refractivity contribution is 0.0912. The fourth-order valence-electron chi connectivity index (χ4n) is 9.98. The second-order valence-corrected chi connectivity index (χ2v) is 22.0. The number of amides is 3. The minimum absolute atomic E-state index is 0.137. The smallest absolute Gasteiger partial charge is 0.272 e. The maximum atomic E-state index is 15.1. The molecule has 18 nitrogen and oxygen atoms in total. The van der Waals surface area contributed by atoms with Gasteiger partial charge in [0.25, 0.3) is 17.7 Å². The molecule has 0 aromatic carbocycles. The van der Waals surface area contributed by atoms with Gasteiger partial charge in [0.1, 0.15) is 34.6 Å². The minimum atomic E-state index is -0.699. The largest absolute Gasteiger partial charge is 0.340 e. The molecule has 0 saturated carbocycles. The number of nitrogens with zero attached hydrogens (tertiary/aromatic N) is 12. The zero-order chi connectivity index (χ0) is 56.5. The molecule has 0 aliphatic carbocycles. The normalized spacial score (nSPS) is 15.9. The van der Waals surface area contributed by atoms with Crippen molar-refractivity contribution in [2.24, 2.45) is 17.8 Å². The van der Waals surface area contributed by atoms with E-state index in [1.165, 1.54) is 0 Å². The lowest BCUT2D eigenvalue weighted by atomic mass is 10.0. The van der Waals surface area contributed by atoms with Gasteiger partial charge in [0, 0.05) is 54.8 Å². The third-order valence-corrected chi connectivity index (χ3v) is 14.7. The van der Waals surface area contributed by atoms with E-state index in [2.05, 4.69) is 30.9 Å². The van der Waals surface area contributed by atoms with Crippen molar-refractivity contribution >= 4 is 17.7 Å². The van der Waals surface area contributed by atoms with Gasteiger partial charge in [-0.25, -0.2) is 15.0 Å². The molecule has 80 heavy (non-hydrogen) atoms. The van der Waals surface area contributed by atoms with Crippen LogP contribution in [0.5, 0.6) is 0 Å². The zero-order valence-electron chi connectivity index (χ0n) is 47.1. The number of pyridine rings is 6. The minimum Gasteiger partial charge on any atom is -0.340 e. The van der Waals surface area contributed by atoms with Crippen LogP contribution in [0.2, 0.25) is 0 Å². The van der Waals surface area contributed by atoms with Gasteiger partial charge in [-0.1, -0.05) is 77.9 Å². The molecule has 6 bridgehead atoms. The molecule has 408 valence electrons. The van der Waals surface area contributed by atoms with Crippen LogP contribution in [0.25, 0.3) is 34.2 Å². The van der Waals surface area contributed by atoms with Crippen LogP contribution in [-0.4, -0.2) is 76.3 Å². The van der Waals surface area contributed by atoms with E-state index in [1.807, 2.05) is 181 Å². The SMILES string of the molecule is Cc1ccc(-c2ccc(Cn3cc4nc3[C@H](C(C)C)NC(=O)c3nc(n(Cc5ccc(-c6ccc(C)cn6)nc5)c3C)[C@H](C(C)C)NC(=O)c3nc(n(Cc5ccc(-c6ccc(C)cn6)nc5)c3C)[C@H](C(C)C)NC4=O)cn2)nc1. The molecule has 1 aliphatic heterocycles. The highest BCUT2D eigenvalue weighted by atomic mass is 16.2. The number of aromatic nitrogens is 12. The Labute approximate surface area is 466 Å². The van der Waals surface area contributed by atoms with Crippen molar-refractivity contribution in [1.82, 2.24) is 74.5 Å². The first-order chi connectivity index (χ1) is 38.4. The Kier molecular flexibility index (Phi) is 15.4. The van der Waals surface area contributed by atoms with Gasteiger partial charge in [0.05, 0.1) is 71.9 Å². The van der Waals surface area contributed by atoms with Gasteiger partial charge >= 0.3 is 0 Å². The van der Waals surface area contributed by atoms with E-state index in [9.17, 15) is 4.79 Å². The highest BCUT2D eigenvalue weighted by Crippen LogP contribution is 2.32. The van der Waals surface area contributed by atoms with Crippen LogP contribution in [0, 0.1) is 52.4 Å². The quantitative estimate of drug-likeness (QED) is 0.104. The molecule has 0 radical (unpaired) electrons. The molecule has 3 amide bonds. The van der Waals surface area contributed by atoms with Crippen LogP contribution in [0.15, 0.2) is 116 Å². The van der Waals surface area contributed by atoms with Crippen molar-refractivity contribution in [2.75, 3.05) is 0 Å². The Bertz CT molecular complexity index is 3690. The molecule has 9 aromatic rings. The van der Waals surface area contributed by atoms with Gasteiger partial charge < -0.3 is 29.7 Å². The van der Waals surface area contributed by atoms with E-state index < -0.39 is 35.8 Å². The highest BCUT2D eigenvalue weighted by Gasteiger charge is 2.35. The molecule has 0 unspecified atom stereocenters. The summed E-state index contributed by atoms with van der Waals surface area (Å²) in [6.07, 6.45) is 12.6. The third kappa shape index (κ3) is 11.4. The predicted molar refractivity (Wildman–Crippen MR) is 305 cm³/mol. The van der Waals surface area contributed by atoms with Gasteiger partial charge in [-0.15, -0.1) is 0 Å². The molecule has 0 fully saturated rings. The second-order valence-electron chi connectivity index (χ2n) is 22.0. The molecule has 0 spiro atoms. The summed E-state index contributed by atoms with van der Waals surface area (Å²) in [7, 11) is 0. The molecule has 9 aromatic heterocycles. The molecule has 0 saturated heterocycles. The first-order valence-corrected chi connectivity index (χ1v) is 27.2. The van der Waals surface area contributed by atoms with Crippen molar-refractivity contribution in [2.45, 2.75) is 114 Å². The molecule has 3 N–H and O–H groups in total. The second kappa shape index (κ2) is 22.7. The van der Waals surface area contributed by atoms with E-state index in [1.54, 1.807) is 24.8 Å². The maximum absolute atomic E-state index is 15.1. The molecular formula is C62H67N15O3. The van der Waals surface area contributed by atoms with Crippen LogP contribution in [-0.2, 0) is 19.6 Å². The summed E-state index contributed by atoms with van der Waals surface area (Å²) < 4.78 is 5.87. The number of nitrogens with one attached hydrogen (secondary N) is 3. The first kappa shape index (κ1) is 54.3. The van der Waals surface area contributed by atoms with Crippen LogP contribution in [0.1, 0.15) is 153 Å². The number of carbonyl (C=O) groups excluding carboxylic acids is 3. The fourth-order valence-corrected chi connectivity index (χ4v) is 9.98. The van der Waals surface area contributed by atoms with Crippen molar-refractivity contribution in [1.29, 1.82) is 0 Å². The molecule has 10 rings (SSSR count). The van der Waals surface area contributed by atoms with Gasteiger partial charge in [-0.05, 0) is 122 Å². The van der Waals surface area contributed by atoms with E-state index >= 15 is 9.59 Å². The van der Waals surface area contributed by atoms with Gasteiger partial charge in [-0.2, -0.15) is 0 Å². The van der Waals surface area contributed by atoms with E-state index in [-0.39, 0.29) is 54.5 Å². The first-order valence-electron chi connectivity index (χ1n) is 27.2. The molecule has 1 aliphatic rings. The van der Waals surface area contributed by atoms with Gasteiger partial charge in [-0.3, -0.25) is 44.3 Å². The Hall–Kier alpha value is -9.06. The summed E-state index contributed by atoms with van der Waals surface area (Å²) in [4.78, 5) is 88.6. The van der Waals surface area contributed by atoms with Crippen LogP contribution >= 0.6 is 0 Å². The number of rotatable bonds is 12. The van der Waals surface area contributed by atoms with Gasteiger partial charge in [0.2, 0.25) is 0 Å². The molecule has 3 atom stereocenters. The van der Waals surface area contributed by atoms with Crippen LogP contribution in [0.3, 0.4) is 0 Å². The summed E-state index contributed by atoms with van der Waals surface area (Å²) in [6.45, 7) is 22.6. The number of hydrogen-bond acceptors (Lipinski definition) is 12. The predicted octanol–water partition coefficient (Wildman–Crippen LogP) is 10.0. The number of aryl methyl sites for hydroxylation is 3. The van der Waals surface area contributed by atoms with E-state index in [0.29, 0.717) is 28.9 Å². The Morgan fingerprint density at radius 3 is 1.04 bits per heavy atom. The van der Waals surface area contributed by atoms with E-state index in [0.717, 1.165) is 67.5 Å². The number of fused-ring (bicyclic) bond motifs is 6. The third-order valence-electron chi connectivity index (χ3n) is 14.7. The van der Waals surface area contributed by atoms with Crippen molar-refractivity contribution in [3.8, 4) is 34.2 Å². The maximum Gasteiger partial charge on any atom is 0.272 e.